The Labute approximate surface area is 229 Å². The van der Waals surface area contributed by atoms with Gasteiger partial charge in [0.25, 0.3) is 5.91 Å². The summed E-state index contributed by atoms with van der Waals surface area (Å²) in [6, 6.07) is 23.0. The first-order valence-corrected chi connectivity index (χ1v) is 13.7. The Morgan fingerprint density at radius 3 is 2.26 bits per heavy atom. The first-order valence-electron chi connectivity index (χ1n) is 13.7. The number of unbranched alkanes of at least 4 members (excludes halogenated alkanes) is 5. The van der Waals surface area contributed by atoms with Crippen LogP contribution in [0.25, 0.3) is 27.9 Å². The topological polar surface area (TPSA) is 95.1 Å². The van der Waals surface area contributed by atoms with Crippen LogP contribution in [0.15, 0.2) is 72.8 Å². The highest BCUT2D eigenvalue weighted by atomic mass is 16.5. The van der Waals surface area contributed by atoms with E-state index in [0.29, 0.717) is 34.5 Å². The number of amides is 1. The lowest BCUT2D eigenvalue weighted by Crippen LogP contribution is -2.14. The fraction of sp³-hybridized carbons (Fsp3) is 0.281. The number of rotatable bonds is 11. The molecule has 0 atom stereocenters. The van der Waals surface area contributed by atoms with Gasteiger partial charge in [-0.25, -0.2) is 9.97 Å². The lowest BCUT2D eigenvalue weighted by molar-refractivity contribution is 0.102. The molecule has 0 aliphatic rings. The van der Waals surface area contributed by atoms with E-state index in [4.69, 9.17) is 20.4 Å². The predicted octanol–water partition coefficient (Wildman–Crippen LogP) is 7.46. The van der Waals surface area contributed by atoms with Gasteiger partial charge in [0.2, 0.25) is 0 Å². The molecule has 0 fully saturated rings. The van der Waals surface area contributed by atoms with Crippen molar-refractivity contribution in [2.75, 3.05) is 17.7 Å². The van der Waals surface area contributed by atoms with Crippen molar-refractivity contribution >= 4 is 39.6 Å². The summed E-state index contributed by atoms with van der Waals surface area (Å²) in [5.74, 6) is 0.755. The third-order valence-electron chi connectivity index (χ3n) is 6.90. The van der Waals surface area contributed by atoms with E-state index < -0.39 is 0 Å². The third kappa shape index (κ3) is 5.87. The molecule has 3 N–H and O–H groups in total. The van der Waals surface area contributed by atoms with Crippen molar-refractivity contribution < 1.29 is 9.53 Å². The molecule has 0 aliphatic carbocycles. The standard InChI is InChI=1S/C32H35N5O2/c1-3-4-5-6-7-10-21-39-25-19-17-24(18-20-25)37-30(33)28(32(38)34-23-15-13-22(2)14-16-23)29-31(37)36-27-12-9-8-11-26(27)35-29/h8-9,11-20H,3-7,10,21,33H2,1-2H3,(H,34,38). The molecule has 0 radical (unpaired) electrons. The molecule has 0 spiro atoms. The highest BCUT2D eigenvalue weighted by Gasteiger charge is 2.25. The average molecular weight is 522 g/mol. The number of hydrogen-bond donors (Lipinski definition) is 2. The summed E-state index contributed by atoms with van der Waals surface area (Å²) in [6.45, 7) is 4.93. The van der Waals surface area contributed by atoms with E-state index in [-0.39, 0.29) is 11.7 Å². The summed E-state index contributed by atoms with van der Waals surface area (Å²) in [4.78, 5) is 23.2. The van der Waals surface area contributed by atoms with Gasteiger partial charge < -0.3 is 15.8 Å². The summed E-state index contributed by atoms with van der Waals surface area (Å²) < 4.78 is 7.75. The van der Waals surface area contributed by atoms with Gasteiger partial charge in [-0.1, -0.05) is 68.9 Å². The van der Waals surface area contributed by atoms with Gasteiger partial charge in [0, 0.05) is 11.4 Å². The van der Waals surface area contributed by atoms with E-state index in [9.17, 15) is 4.79 Å². The number of nitrogens with zero attached hydrogens (tertiary/aromatic N) is 3. The van der Waals surface area contributed by atoms with Gasteiger partial charge in [0.1, 0.15) is 22.6 Å². The molecule has 39 heavy (non-hydrogen) atoms. The zero-order valence-electron chi connectivity index (χ0n) is 22.6. The molecule has 7 nitrogen and oxygen atoms in total. The SMILES string of the molecule is CCCCCCCCOc1ccc(-n2c(N)c(C(=O)Nc3ccc(C)cc3)c3nc4ccccc4nc32)cc1. The number of para-hydroxylation sites is 2. The van der Waals surface area contributed by atoms with Crippen LogP contribution in [-0.4, -0.2) is 27.0 Å². The maximum Gasteiger partial charge on any atom is 0.261 e. The van der Waals surface area contributed by atoms with Gasteiger partial charge in [0.15, 0.2) is 5.65 Å². The minimum atomic E-state index is -0.330. The smallest absolute Gasteiger partial charge is 0.261 e. The Hall–Kier alpha value is -4.39. The molecular formula is C32H35N5O2. The number of benzene rings is 3. The Morgan fingerprint density at radius 1 is 0.872 bits per heavy atom. The van der Waals surface area contributed by atoms with Crippen molar-refractivity contribution in [3.63, 3.8) is 0 Å². The molecule has 2 aromatic heterocycles. The number of carbonyl (C=O) groups excluding carboxylic acids is 1. The zero-order valence-corrected chi connectivity index (χ0v) is 22.6. The first kappa shape index (κ1) is 26.2. The number of fused-ring (bicyclic) bond motifs is 2. The van der Waals surface area contributed by atoms with Crippen LogP contribution < -0.4 is 15.8 Å². The normalized spacial score (nSPS) is 11.2. The van der Waals surface area contributed by atoms with E-state index in [0.717, 1.165) is 28.9 Å². The third-order valence-corrected chi connectivity index (χ3v) is 6.90. The second-order valence-electron chi connectivity index (χ2n) is 9.91. The highest BCUT2D eigenvalue weighted by molar-refractivity contribution is 6.16. The van der Waals surface area contributed by atoms with Crippen LogP contribution in [0.1, 0.15) is 61.4 Å². The van der Waals surface area contributed by atoms with E-state index in [2.05, 4.69) is 12.2 Å². The quantitative estimate of drug-likeness (QED) is 0.176. The minimum Gasteiger partial charge on any atom is -0.494 e. The molecule has 7 heteroatoms. The molecule has 0 aliphatic heterocycles. The molecule has 5 aromatic rings. The molecule has 5 rings (SSSR count). The van der Waals surface area contributed by atoms with Crippen LogP contribution in [0, 0.1) is 6.92 Å². The van der Waals surface area contributed by atoms with Crippen LogP contribution in [0.2, 0.25) is 0 Å². The van der Waals surface area contributed by atoms with Crippen molar-refractivity contribution in [3.05, 3.63) is 83.9 Å². The first-order chi connectivity index (χ1) is 19.0. The molecule has 0 saturated heterocycles. The lowest BCUT2D eigenvalue weighted by atomic mass is 10.1. The van der Waals surface area contributed by atoms with Crippen molar-refractivity contribution in [1.82, 2.24) is 14.5 Å². The maximum atomic E-state index is 13.5. The van der Waals surface area contributed by atoms with Crippen LogP contribution in [0.5, 0.6) is 5.75 Å². The van der Waals surface area contributed by atoms with Crippen LogP contribution in [-0.2, 0) is 0 Å². The van der Waals surface area contributed by atoms with Crippen LogP contribution >= 0.6 is 0 Å². The summed E-state index contributed by atoms with van der Waals surface area (Å²) in [7, 11) is 0. The van der Waals surface area contributed by atoms with Gasteiger partial charge in [-0.05, 0) is 61.9 Å². The monoisotopic (exact) mass is 521 g/mol. The van der Waals surface area contributed by atoms with E-state index in [1.165, 1.54) is 32.1 Å². The fourth-order valence-corrected chi connectivity index (χ4v) is 4.74. The second kappa shape index (κ2) is 12.0. The number of nitrogens with two attached hydrogens (primary N) is 1. The van der Waals surface area contributed by atoms with Crippen molar-refractivity contribution in [3.8, 4) is 11.4 Å². The molecule has 200 valence electrons. The fourth-order valence-electron chi connectivity index (χ4n) is 4.74. The number of hydrogen-bond acceptors (Lipinski definition) is 5. The van der Waals surface area contributed by atoms with E-state index in [1.54, 1.807) is 4.57 Å². The summed E-state index contributed by atoms with van der Waals surface area (Å²) in [5.41, 5.74) is 12.0. The van der Waals surface area contributed by atoms with Crippen molar-refractivity contribution in [1.29, 1.82) is 0 Å². The zero-order chi connectivity index (χ0) is 27.2. The largest absolute Gasteiger partial charge is 0.494 e. The predicted molar refractivity (Wildman–Crippen MR) is 159 cm³/mol. The Bertz CT molecular complexity index is 1570. The van der Waals surface area contributed by atoms with Crippen LogP contribution in [0.3, 0.4) is 0 Å². The number of anilines is 2. The molecular weight excluding hydrogens is 486 g/mol. The van der Waals surface area contributed by atoms with Gasteiger partial charge in [-0.15, -0.1) is 0 Å². The number of ether oxygens (including phenoxy) is 1. The number of nitrogen functional groups attached to an aromatic ring is 1. The Balaban J connectivity index is 1.44. The molecule has 2 heterocycles. The molecule has 0 bridgehead atoms. The molecule has 0 saturated carbocycles. The molecule has 0 unspecified atom stereocenters. The number of aryl methyl sites for hydroxylation is 1. The number of aromatic nitrogens is 3. The Kier molecular flexibility index (Phi) is 8.06. The van der Waals surface area contributed by atoms with E-state index >= 15 is 0 Å². The second-order valence-corrected chi connectivity index (χ2v) is 9.91. The van der Waals surface area contributed by atoms with Gasteiger partial charge >= 0.3 is 0 Å². The average Bonchev–Trinajstić information content (AvgIpc) is 3.23. The summed E-state index contributed by atoms with van der Waals surface area (Å²) in [6.07, 6.45) is 7.33. The highest BCUT2D eigenvalue weighted by Crippen LogP contribution is 2.32. The lowest BCUT2D eigenvalue weighted by Gasteiger charge is -2.10. The van der Waals surface area contributed by atoms with E-state index in [1.807, 2.05) is 79.7 Å². The Morgan fingerprint density at radius 2 is 1.54 bits per heavy atom. The van der Waals surface area contributed by atoms with Crippen molar-refractivity contribution in [2.45, 2.75) is 52.4 Å². The number of carbonyl (C=O) groups is 1. The number of nitrogens with one attached hydrogen (secondary N) is 1. The minimum absolute atomic E-state index is 0.283. The van der Waals surface area contributed by atoms with Gasteiger partial charge in [0.05, 0.1) is 17.6 Å². The van der Waals surface area contributed by atoms with Crippen LogP contribution in [0.4, 0.5) is 11.5 Å². The summed E-state index contributed by atoms with van der Waals surface area (Å²) in [5, 5.41) is 2.96. The summed E-state index contributed by atoms with van der Waals surface area (Å²) >= 11 is 0. The van der Waals surface area contributed by atoms with Gasteiger partial charge in [-0.3, -0.25) is 9.36 Å². The van der Waals surface area contributed by atoms with Crippen molar-refractivity contribution in [2.24, 2.45) is 0 Å². The molecule has 3 aromatic carbocycles. The van der Waals surface area contributed by atoms with Gasteiger partial charge in [-0.2, -0.15) is 0 Å². The molecule has 1 amide bonds. The maximum absolute atomic E-state index is 13.5.